The van der Waals surface area contributed by atoms with Crippen LogP contribution >= 0.6 is 22.9 Å². The van der Waals surface area contributed by atoms with Gasteiger partial charge in [0, 0.05) is 27.7 Å². The summed E-state index contributed by atoms with van der Waals surface area (Å²) in [5, 5.41) is 27.2. The van der Waals surface area contributed by atoms with Gasteiger partial charge in [0.05, 0.1) is 24.4 Å². The number of terminal acetylenes is 1. The molecular formula is C23H18ClN5O2S. The Kier molecular flexibility index (Phi) is 6.11. The third-order valence-corrected chi connectivity index (χ3v) is 6.35. The van der Waals surface area contributed by atoms with Crippen molar-refractivity contribution in [2.75, 3.05) is 11.9 Å². The number of nitrogens with zero attached hydrogens (tertiary/aromatic N) is 3. The van der Waals surface area contributed by atoms with Gasteiger partial charge in [-0.1, -0.05) is 29.8 Å². The molecule has 0 unspecified atom stereocenters. The van der Waals surface area contributed by atoms with Crippen LogP contribution in [0.1, 0.15) is 35.1 Å². The summed E-state index contributed by atoms with van der Waals surface area (Å²) < 4.78 is 0. The summed E-state index contributed by atoms with van der Waals surface area (Å²) in [4.78, 5) is 20.9. The van der Waals surface area contributed by atoms with Crippen LogP contribution in [-0.4, -0.2) is 27.7 Å². The number of thiazole rings is 1. The van der Waals surface area contributed by atoms with E-state index < -0.39 is 17.5 Å². The highest BCUT2D eigenvalue weighted by Crippen LogP contribution is 2.50. The molecule has 2 amide bonds. The average Bonchev–Trinajstić information content (AvgIpc) is 3.48. The minimum Gasteiger partial charge on any atom is -0.394 e. The first-order chi connectivity index (χ1) is 15.5. The zero-order valence-electron chi connectivity index (χ0n) is 16.8. The van der Waals surface area contributed by atoms with Gasteiger partial charge in [0.1, 0.15) is 11.2 Å². The Morgan fingerprint density at radius 2 is 2.19 bits per heavy atom. The Hall–Kier alpha value is -3.43. The number of hydrogen-bond donors (Lipinski definition) is 3. The minimum absolute atomic E-state index is 0.328. The normalized spacial score (nSPS) is 14.6. The second-order valence-corrected chi connectivity index (χ2v) is 8.61. The van der Waals surface area contributed by atoms with Crippen molar-refractivity contribution in [2.24, 2.45) is 0 Å². The summed E-state index contributed by atoms with van der Waals surface area (Å²) in [6, 6.07) is 10.2. The van der Waals surface area contributed by atoms with Crippen molar-refractivity contribution in [3.63, 3.8) is 0 Å². The maximum absolute atomic E-state index is 12.3. The van der Waals surface area contributed by atoms with E-state index in [2.05, 4.69) is 32.6 Å². The summed E-state index contributed by atoms with van der Waals surface area (Å²) in [5.74, 6) is 2.74. The van der Waals surface area contributed by atoms with Gasteiger partial charge in [0.2, 0.25) is 0 Å². The number of aliphatic hydroxyl groups excluding tert-OH is 1. The first-order valence-electron chi connectivity index (χ1n) is 9.77. The SMILES string of the molecule is C#Cc1nc(NC(=O)N[C@@H](CO)c2ccc(-c3cccnc3C3(C#N)CC3)c(Cl)c2)cs1. The van der Waals surface area contributed by atoms with Gasteiger partial charge in [0.15, 0.2) is 5.01 Å². The van der Waals surface area contributed by atoms with Crippen molar-refractivity contribution >= 4 is 34.8 Å². The van der Waals surface area contributed by atoms with Crippen LogP contribution in [0.2, 0.25) is 5.02 Å². The highest BCUT2D eigenvalue weighted by molar-refractivity contribution is 7.10. The largest absolute Gasteiger partial charge is 0.394 e. The van der Waals surface area contributed by atoms with E-state index in [1.54, 1.807) is 23.7 Å². The lowest BCUT2D eigenvalue weighted by Crippen LogP contribution is -2.34. The lowest BCUT2D eigenvalue weighted by atomic mass is 9.93. The first-order valence-corrected chi connectivity index (χ1v) is 11.0. The van der Waals surface area contributed by atoms with Crippen LogP contribution in [-0.2, 0) is 5.41 Å². The van der Waals surface area contributed by atoms with Crippen molar-refractivity contribution in [3.05, 3.63) is 63.2 Å². The van der Waals surface area contributed by atoms with Gasteiger partial charge in [-0.2, -0.15) is 5.26 Å². The Morgan fingerprint density at radius 1 is 1.38 bits per heavy atom. The number of carbonyl (C=O) groups is 1. The quantitative estimate of drug-likeness (QED) is 0.473. The number of nitriles is 1. The smallest absolute Gasteiger partial charge is 0.320 e. The van der Waals surface area contributed by atoms with Crippen LogP contribution in [0, 0.1) is 23.7 Å². The maximum Gasteiger partial charge on any atom is 0.320 e. The number of halogens is 1. The molecule has 1 fully saturated rings. The van der Waals surface area contributed by atoms with Gasteiger partial charge in [-0.05, 0) is 36.5 Å². The molecule has 1 aliphatic carbocycles. The third-order valence-electron chi connectivity index (χ3n) is 5.27. The van der Waals surface area contributed by atoms with E-state index in [9.17, 15) is 15.2 Å². The fourth-order valence-corrected chi connectivity index (χ4v) is 4.28. The topological polar surface area (TPSA) is 111 Å². The highest BCUT2D eigenvalue weighted by atomic mass is 35.5. The summed E-state index contributed by atoms with van der Waals surface area (Å²) in [6.07, 6.45) is 8.52. The van der Waals surface area contributed by atoms with E-state index in [4.69, 9.17) is 18.0 Å². The number of benzene rings is 1. The molecule has 0 aliphatic heterocycles. The van der Waals surface area contributed by atoms with Crippen LogP contribution < -0.4 is 10.6 Å². The van der Waals surface area contributed by atoms with Crippen molar-refractivity contribution < 1.29 is 9.90 Å². The second kappa shape index (κ2) is 8.97. The number of hydrogen-bond acceptors (Lipinski definition) is 6. The van der Waals surface area contributed by atoms with Gasteiger partial charge in [0.25, 0.3) is 0 Å². The summed E-state index contributed by atoms with van der Waals surface area (Å²) in [7, 11) is 0. The van der Waals surface area contributed by atoms with E-state index in [1.807, 2.05) is 18.2 Å². The van der Waals surface area contributed by atoms with Gasteiger partial charge in [-0.15, -0.1) is 17.8 Å². The van der Waals surface area contributed by atoms with Crippen molar-refractivity contribution in [1.29, 1.82) is 5.26 Å². The Morgan fingerprint density at radius 3 is 2.81 bits per heavy atom. The molecule has 32 heavy (non-hydrogen) atoms. The molecule has 0 spiro atoms. The van der Waals surface area contributed by atoms with Crippen molar-refractivity contribution in [2.45, 2.75) is 24.3 Å². The van der Waals surface area contributed by atoms with Crippen LogP contribution in [0.15, 0.2) is 41.9 Å². The highest BCUT2D eigenvalue weighted by Gasteiger charge is 2.47. The molecule has 0 bridgehead atoms. The Labute approximate surface area is 194 Å². The van der Waals surface area contributed by atoms with Gasteiger partial charge < -0.3 is 10.4 Å². The fourth-order valence-electron chi connectivity index (χ4n) is 3.44. The monoisotopic (exact) mass is 463 g/mol. The second-order valence-electron chi connectivity index (χ2n) is 7.35. The number of carbonyl (C=O) groups excluding carboxylic acids is 1. The molecule has 0 radical (unpaired) electrons. The zero-order valence-corrected chi connectivity index (χ0v) is 18.4. The van der Waals surface area contributed by atoms with Gasteiger partial charge >= 0.3 is 6.03 Å². The number of pyridine rings is 1. The van der Waals surface area contributed by atoms with Crippen LogP contribution in [0.5, 0.6) is 0 Å². The molecule has 3 N–H and O–H groups in total. The van der Waals surface area contributed by atoms with Crippen LogP contribution in [0.25, 0.3) is 11.1 Å². The molecule has 1 aromatic carbocycles. The standard InChI is InChI=1S/C23H18ClN5O2S/c1-2-20-28-19(12-32-20)29-22(31)27-18(11-30)14-5-6-15(17(24)10-14)16-4-3-9-26-21(16)23(13-25)7-8-23/h1,3-6,9-10,12,18,30H,7-8,11H2,(H2,27,29,31)/t18-/m0/s1. The number of aliphatic hydroxyl groups is 1. The number of nitrogens with one attached hydrogen (secondary N) is 2. The van der Waals surface area contributed by atoms with Crippen molar-refractivity contribution in [1.82, 2.24) is 15.3 Å². The minimum atomic E-state index is -0.686. The van der Waals surface area contributed by atoms with Gasteiger partial charge in [-0.3, -0.25) is 10.3 Å². The predicted molar refractivity (Wildman–Crippen MR) is 123 cm³/mol. The maximum atomic E-state index is 12.3. The van der Waals surface area contributed by atoms with E-state index in [-0.39, 0.29) is 6.61 Å². The molecule has 2 heterocycles. The summed E-state index contributed by atoms with van der Waals surface area (Å²) in [5.41, 5.74) is 2.35. The lowest BCUT2D eigenvalue weighted by molar-refractivity contribution is 0.225. The lowest BCUT2D eigenvalue weighted by Gasteiger charge is -2.19. The molecule has 1 aliphatic rings. The van der Waals surface area contributed by atoms with E-state index in [0.29, 0.717) is 21.4 Å². The number of aromatic nitrogens is 2. The van der Waals surface area contributed by atoms with E-state index >= 15 is 0 Å². The molecule has 0 saturated heterocycles. The van der Waals surface area contributed by atoms with E-state index in [1.165, 1.54) is 11.3 Å². The molecule has 160 valence electrons. The number of urea groups is 1. The van der Waals surface area contributed by atoms with Crippen molar-refractivity contribution in [3.8, 4) is 29.5 Å². The van der Waals surface area contributed by atoms with E-state index in [0.717, 1.165) is 29.7 Å². The van der Waals surface area contributed by atoms with Crippen LogP contribution in [0.3, 0.4) is 0 Å². The number of anilines is 1. The average molecular weight is 464 g/mol. The number of amides is 2. The summed E-state index contributed by atoms with van der Waals surface area (Å²) in [6.45, 7) is -0.328. The molecule has 1 atom stereocenters. The molecular weight excluding hydrogens is 446 g/mol. The molecule has 2 aromatic heterocycles. The molecule has 9 heteroatoms. The van der Waals surface area contributed by atoms with Crippen LogP contribution in [0.4, 0.5) is 10.6 Å². The molecule has 4 rings (SSSR count). The summed E-state index contributed by atoms with van der Waals surface area (Å²) >= 11 is 7.83. The Balaban J connectivity index is 1.54. The fraction of sp³-hybridized carbons (Fsp3) is 0.217. The Bertz CT molecular complexity index is 1260. The van der Waals surface area contributed by atoms with Gasteiger partial charge in [-0.25, -0.2) is 9.78 Å². The first kappa shape index (κ1) is 21.8. The predicted octanol–water partition coefficient (Wildman–Crippen LogP) is 4.25. The number of rotatable bonds is 6. The molecule has 3 aromatic rings. The third kappa shape index (κ3) is 4.30. The molecule has 7 nitrogen and oxygen atoms in total. The molecule has 1 saturated carbocycles. The zero-order chi connectivity index (χ0) is 22.7.